The fourth-order valence-corrected chi connectivity index (χ4v) is 3.67. The molecule has 3 heteroatoms. The summed E-state index contributed by atoms with van der Waals surface area (Å²) in [5.74, 6) is 0.311. The second-order valence-electron chi connectivity index (χ2n) is 7.46. The molecule has 1 aromatic rings. The van der Waals surface area contributed by atoms with Crippen molar-refractivity contribution in [1.82, 2.24) is 0 Å². The van der Waals surface area contributed by atoms with Crippen molar-refractivity contribution >= 4 is 0 Å². The minimum Gasteiger partial charge on any atom is -0.507 e. The molecule has 0 fully saturated rings. The Bertz CT molecular complexity index is 676. The Morgan fingerprint density at radius 3 is 2.36 bits per heavy atom. The number of phenols is 2. The molecule has 0 aliphatic heterocycles. The van der Waals surface area contributed by atoms with Gasteiger partial charge in [-0.1, -0.05) is 36.0 Å². The van der Waals surface area contributed by atoms with E-state index in [4.69, 9.17) is 0 Å². The molecule has 0 saturated heterocycles. The van der Waals surface area contributed by atoms with Gasteiger partial charge in [-0.15, -0.1) is 0 Å². The summed E-state index contributed by atoms with van der Waals surface area (Å²) in [5.41, 5.74) is 4.48. The van der Waals surface area contributed by atoms with Crippen LogP contribution in [0.25, 0.3) is 0 Å². The number of phenolic OH excluding ortho intramolecular Hbond substituents is 2. The van der Waals surface area contributed by atoms with Gasteiger partial charge in [0.25, 0.3) is 0 Å². The molecule has 2 rings (SSSR count). The lowest BCUT2D eigenvalue weighted by molar-refractivity contribution is 0.199. The highest BCUT2D eigenvalue weighted by Crippen LogP contribution is 2.47. The van der Waals surface area contributed by atoms with E-state index in [1.165, 1.54) is 5.57 Å². The molecular weight excluding hydrogens is 312 g/mol. The molecule has 0 bridgehead atoms. The second-order valence-corrected chi connectivity index (χ2v) is 7.46. The predicted octanol–water partition coefficient (Wildman–Crippen LogP) is 5.12. The lowest BCUT2D eigenvalue weighted by Gasteiger charge is -2.33. The van der Waals surface area contributed by atoms with E-state index in [0.717, 1.165) is 29.6 Å². The summed E-state index contributed by atoms with van der Waals surface area (Å²) in [6.45, 7) is 13.8. The molecule has 3 atom stereocenters. The summed E-state index contributed by atoms with van der Waals surface area (Å²) in [4.78, 5) is 0. The van der Waals surface area contributed by atoms with Crippen LogP contribution >= 0.6 is 0 Å². The smallest absolute Gasteiger partial charge is 0.123 e. The number of aryl methyl sites for hydroxylation is 1. The van der Waals surface area contributed by atoms with Crippen LogP contribution in [0.5, 0.6) is 11.5 Å². The van der Waals surface area contributed by atoms with Crippen LogP contribution in [0.1, 0.15) is 56.6 Å². The summed E-state index contributed by atoms with van der Waals surface area (Å²) in [6, 6.07) is 3.38. The van der Waals surface area contributed by atoms with Crippen molar-refractivity contribution in [2.24, 2.45) is 5.92 Å². The first-order chi connectivity index (χ1) is 11.7. The Morgan fingerprint density at radius 1 is 1.20 bits per heavy atom. The molecule has 1 aromatic carbocycles. The molecule has 3 N–H and O–H groups in total. The van der Waals surface area contributed by atoms with Crippen LogP contribution in [0.15, 0.2) is 48.1 Å². The van der Waals surface area contributed by atoms with E-state index in [1.807, 2.05) is 13.8 Å². The number of hydrogen-bond donors (Lipinski definition) is 3. The summed E-state index contributed by atoms with van der Waals surface area (Å²) in [7, 11) is 0. The maximum Gasteiger partial charge on any atom is 0.123 e. The van der Waals surface area contributed by atoms with E-state index in [0.29, 0.717) is 18.4 Å². The maximum atomic E-state index is 10.4. The third kappa shape index (κ3) is 4.55. The quantitative estimate of drug-likeness (QED) is 0.629. The molecule has 0 heterocycles. The molecule has 25 heavy (non-hydrogen) atoms. The molecule has 0 radical (unpaired) electrons. The van der Waals surface area contributed by atoms with E-state index in [9.17, 15) is 15.3 Å². The Labute approximate surface area is 151 Å². The normalized spacial score (nSPS) is 21.5. The fraction of sp³-hybridized carbons (Fsp3) is 0.455. The number of benzene rings is 1. The van der Waals surface area contributed by atoms with Crippen molar-refractivity contribution in [1.29, 1.82) is 0 Å². The molecule has 1 aliphatic rings. The van der Waals surface area contributed by atoms with Crippen LogP contribution in [0.2, 0.25) is 0 Å². The Balaban J connectivity index is 2.29. The van der Waals surface area contributed by atoms with Gasteiger partial charge in [-0.25, -0.2) is 0 Å². The molecular formula is C22H30O3. The average Bonchev–Trinajstić information content (AvgIpc) is 2.51. The van der Waals surface area contributed by atoms with Gasteiger partial charge in [0.15, 0.2) is 0 Å². The zero-order valence-corrected chi connectivity index (χ0v) is 15.5. The summed E-state index contributed by atoms with van der Waals surface area (Å²) >= 11 is 0. The molecule has 0 saturated carbocycles. The highest BCUT2D eigenvalue weighted by molar-refractivity contribution is 5.51. The van der Waals surface area contributed by atoms with Gasteiger partial charge in [-0.2, -0.15) is 0 Å². The van der Waals surface area contributed by atoms with Crippen molar-refractivity contribution in [3.63, 3.8) is 0 Å². The predicted molar refractivity (Wildman–Crippen MR) is 103 cm³/mol. The van der Waals surface area contributed by atoms with Crippen molar-refractivity contribution in [2.45, 2.75) is 58.5 Å². The zero-order chi connectivity index (χ0) is 18.7. The van der Waals surface area contributed by atoms with Gasteiger partial charge < -0.3 is 15.3 Å². The van der Waals surface area contributed by atoms with Crippen LogP contribution in [0.3, 0.4) is 0 Å². The first-order valence-corrected chi connectivity index (χ1v) is 8.91. The SMILES string of the molecule is C=C(C)C(O)CCC(=C)C1CCC(C)=CC1c1c(O)cc(C)cc1O. The number of hydrogen-bond acceptors (Lipinski definition) is 3. The standard InChI is InChI=1S/C22H30O3/c1-13(2)19(23)9-7-16(5)17-8-6-14(3)10-18(17)22-20(24)11-15(4)12-21(22)25/h10-12,17-19,23-25H,1,5-9H2,2-4H3. The van der Waals surface area contributed by atoms with Gasteiger partial charge >= 0.3 is 0 Å². The van der Waals surface area contributed by atoms with Crippen molar-refractivity contribution in [3.05, 3.63) is 59.2 Å². The minimum atomic E-state index is -0.516. The molecule has 0 amide bonds. The third-order valence-corrected chi connectivity index (χ3v) is 5.19. The Hall–Kier alpha value is -2.00. The van der Waals surface area contributed by atoms with E-state index in [-0.39, 0.29) is 23.3 Å². The zero-order valence-electron chi connectivity index (χ0n) is 15.5. The molecule has 0 aromatic heterocycles. The highest BCUT2D eigenvalue weighted by atomic mass is 16.3. The summed E-state index contributed by atoms with van der Waals surface area (Å²) < 4.78 is 0. The van der Waals surface area contributed by atoms with E-state index < -0.39 is 6.10 Å². The van der Waals surface area contributed by atoms with Crippen LogP contribution in [-0.4, -0.2) is 21.4 Å². The average molecular weight is 342 g/mol. The van der Waals surface area contributed by atoms with Crippen LogP contribution < -0.4 is 0 Å². The number of allylic oxidation sites excluding steroid dienone is 3. The van der Waals surface area contributed by atoms with Crippen LogP contribution in [-0.2, 0) is 0 Å². The van der Waals surface area contributed by atoms with Gasteiger partial charge in [0.2, 0.25) is 0 Å². The monoisotopic (exact) mass is 342 g/mol. The number of rotatable bonds is 6. The first kappa shape index (κ1) is 19.3. The first-order valence-electron chi connectivity index (χ1n) is 8.91. The molecule has 3 unspecified atom stereocenters. The van der Waals surface area contributed by atoms with E-state index >= 15 is 0 Å². The van der Waals surface area contributed by atoms with E-state index in [2.05, 4.69) is 26.2 Å². The van der Waals surface area contributed by atoms with Gasteiger partial charge in [0.05, 0.1) is 6.10 Å². The molecule has 1 aliphatic carbocycles. The highest BCUT2D eigenvalue weighted by Gasteiger charge is 2.31. The minimum absolute atomic E-state index is 0.0937. The third-order valence-electron chi connectivity index (χ3n) is 5.19. The van der Waals surface area contributed by atoms with Crippen molar-refractivity contribution in [2.75, 3.05) is 0 Å². The largest absolute Gasteiger partial charge is 0.507 e. The van der Waals surface area contributed by atoms with Crippen molar-refractivity contribution < 1.29 is 15.3 Å². The van der Waals surface area contributed by atoms with E-state index in [1.54, 1.807) is 12.1 Å². The summed E-state index contributed by atoms with van der Waals surface area (Å²) in [6.07, 6.45) is 4.84. The van der Waals surface area contributed by atoms with Crippen LogP contribution in [0, 0.1) is 12.8 Å². The molecule has 3 nitrogen and oxygen atoms in total. The number of aromatic hydroxyl groups is 2. The van der Waals surface area contributed by atoms with Gasteiger partial charge in [-0.3, -0.25) is 0 Å². The molecule has 0 spiro atoms. The van der Waals surface area contributed by atoms with Gasteiger partial charge in [0, 0.05) is 11.5 Å². The van der Waals surface area contributed by atoms with Crippen molar-refractivity contribution in [3.8, 4) is 11.5 Å². The summed E-state index contributed by atoms with van der Waals surface area (Å²) in [5, 5.41) is 30.8. The second kappa shape index (κ2) is 7.92. The number of aliphatic hydroxyl groups is 1. The topological polar surface area (TPSA) is 60.7 Å². The Morgan fingerprint density at radius 2 is 1.80 bits per heavy atom. The van der Waals surface area contributed by atoms with Gasteiger partial charge in [0.1, 0.15) is 11.5 Å². The van der Waals surface area contributed by atoms with Gasteiger partial charge in [-0.05, 0) is 70.1 Å². The molecule has 136 valence electrons. The number of aliphatic hydroxyl groups excluding tert-OH is 1. The maximum absolute atomic E-state index is 10.4. The lowest BCUT2D eigenvalue weighted by Crippen LogP contribution is -2.19. The fourth-order valence-electron chi connectivity index (χ4n) is 3.67. The van der Waals surface area contributed by atoms with Crippen LogP contribution in [0.4, 0.5) is 0 Å². The lowest BCUT2D eigenvalue weighted by atomic mass is 9.72. The Kier molecular flexibility index (Phi) is 6.12.